The number of alkyl carbamates (subject to hydrolysis) is 1. The van der Waals surface area contributed by atoms with E-state index in [1.807, 2.05) is 20.8 Å². The molecule has 2 fully saturated rings. The molecular weight excluding hydrogens is 540 g/mol. The zero-order valence-electron chi connectivity index (χ0n) is 26.3. The molecule has 3 rings (SSSR count). The number of carboxylic acids is 1. The summed E-state index contributed by atoms with van der Waals surface area (Å²) in [6.07, 6.45) is 4.55. The summed E-state index contributed by atoms with van der Waals surface area (Å²) in [6.45, 7) is 18.6. The molecule has 0 bridgehead atoms. The van der Waals surface area contributed by atoms with Crippen LogP contribution in [0.15, 0.2) is 12.7 Å². The number of carbonyl (C=O) groups is 4. The third-order valence-corrected chi connectivity index (χ3v) is 7.75. The van der Waals surface area contributed by atoms with Crippen molar-refractivity contribution in [2.45, 2.75) is 123 Å². The zero-order valence-corrected chi connectivity index (χ0v) is 26.3. The maximum Gasteiger partial charge on any atom is 0.408 e. The lowest BCUT2D eigenvalue weighted by molar-refractivity contribution is -0.146. The number of aryl methyl sites for hydroxylation is 2. The van der Waals surface area contributed by atoms with E-state index in [9.17, 15) is 24.3 Å². The minimum atomic E-state index is -1.45. The maximum atomic E-state index is 14.2. The number of hydrogen-bond acceptors (Lipinski definition) is 7. The molecule has 2 heterocycles. The fourth-order valence-corrected chi connectivity index (χ4v) is 5.44. The Labute approximate surface area is 248 Å². The molecule has 3 N–H and O–H groups in total. The van der Waals surface area contributed by atoms with E-state index in [1.54, 1.807) is 25.6 Å². The highest BCUT2D eigenvalue weighted by Crippen LogP contribution is 2.45. The minimum absolute atomic E-state index is 0.121. The molecule has 1 aliphatic carbocycles. The molecule has 0 aromatic carbocycles. The fraction of sp³-hybridized carbons (Fsp3) is 0.733. The first-order valence-corrected chi connectivity index (χ1v) is 14.9. The number of ether oxygens (including phenoxy) is 1. The van der Waals surface area contributed by atoms with Crippen molar-refractivity contribution < 1.29 is 29.0 Å². The second-order valence-electron chi connectivity index (χ2n) is 13.6. The van der Waals surface area contributed by atoms with Crippen LogP contribution in [-0.4, -0.2) is 78.6 Å². The number of carbonyl (C=O) groups excluding carboxylic acids is 3. The number of likely N-dealkylation sites (tertiary alicyclic amines) is 1. The van der Waals surface area contributed by atoms with Crippen LogP contribution < -0.4 is 10.6 Å². The van der Waals surface area contributed by atoms with Crippen LogP contribution in [0.25, 0.3) is 0 Å². The summed E-state index contributed by atoms with van der Waals surface area (Å²) in [6, 6.07) is -2.43. The molecule has 12 nitrogen and oxygen atoms in total. The summed E-state index contributed by atoms with van der Waals surface area (Å²) >= 11 is 0. The molecule has 12 heteroatoms. The van der Waals surface area contributed by atoms with Crippen molar-refractivity contribution >= 4 is 23.9 Å². The number of nitrogens with one attached hydrogen (secondary N) is 2. The van der Waals surface area contributed by atoms with E-state index in [2.05, 4.69) is 31.1 Å². The highest BCUT2D eigenvalue weighted by Gasteiger charge is 2.61. The smallest absolute Gasteiger partial charge is 0.408 e. The molecule has 1 aromatic rings. The SMILES string of the molecule is C=CC1CC1(NC(=O)C1CC(n2nc(CCC)c(CCC)n2)CN1C(=O)C(NC(=O)OC(C)(C)C)C(C)(C)C)C(=O)O. The van der Waals surface area contributed by atoms with Gasteiger partial charge in [0.1, 0.15) is 23.2 Å². The van der Waals surface area contributed by atoms with Crippen molar-refractivity contribution in [2.75, 3.05) is 6.54 Å². The van der Waals surface area contributed by atoms with Gasteiger partial charge in [-0.25, -0.2) is 9.59 Å². The summed E-state index contributed by atoms with van der Waals surface area (Å²) in [5.74, 6) is -2.59. The van der Waals surface area contributed by atoms with Gasteiger partial charge in [0.25, 0.3) is 0 Å². The van der Waals surface area contributed by atoms with Crippen LogP contribution in [0, 0.1) is 11.3 Å². The summed E-state index contributed by atoms with van der Waals surface area (Å²) in [7, 11) is 0. The van der Waals surface area contributed by atoms with Crippen molar-refractivity contribution in [3.8, 4) is 0 Å². The Bertz CT molecular complexity index is 1170. The van der Waals surface area contributed by atoms with Gasteiger partial charge in [-0.15, -0.1) is 6.58 Å². The van der Waals surface area contributed by atoms with E-state index in [4.69, 9.17) is 14.9 Å². The molecule has 234 valence electrons. The lowest BCUT2D eigenvalue weighted by Gasteiger charge is -2.36. The van der Waals surface area contributed by atoms with Gasteiger partial charge in [-0.1, -0.05) is 53.5 Å². The topological polar surface area (TPSA) is 156 Å². The quantitative estimate of drug-likeness (QED) is 0.332. The molecule has 1 saturated carbocycles. The average molecular weight is 589 g/mol. The van der Waals surface area contributed by atoms with Crippen LogP contribution in [0.1, 0.15) is 98.5 Å². The Morgan fingerprint density at radius 2 is 1.67 bits per heavy atom. The highest BCUT2D eigenvalue weighted by molar-refractivity contribution is 5.96. The lowest BCUT2D eigenvalue weighted by Crippen LogP contribution is -2.59. The largest absolute Gasteiger partial charge is 0.479 e. The fourth-order valence-electron chi connectivity index (χ4n) is 5.44. The summed E-state index contributed by atoms with van der Waals surface area (Å²) < 4.78 is 5.43. The van der Waals surface area contributed by atoms with E-state index >= 15 is 0 Å². The molecule has 0 radical (unpaired) electrons. The standard InChI is InChI=1S/C30H48N6O6/c1-10-13-20-21(14-11-2)34-36(33-20)19-15-22(24(37)32-30(26(39)40)16-18(30)12-3)35(17-19)25(38)23(28(4,5)6)31-27(41)42-29(7,8)9/h12,18-19,22-23H,3,10-11,13-17H2,1-2,4-9H3,(H,31,41)(H,32,37)(H,39,40). The van der Waals surface area contributed by atoms with E-state index < -0.39 is 64.5 Å². The van der Waals surface area contributed by atoms with Gasteiger partial charge in [0.2, 0.25) is 11.8 Å². The predicted octanol–water partition coefficient (Wildman–Crippen LogP) is 3.41. The van der Waals surface area contributed by atoms with Crippen LogP contribution >= 0.6 is 0 Å². The third-order valence-electron chi connectivity index (χ3n) is 7.75. The molecule has 1 aliphatic heterocycles. The van der Waals surface area contributed by atoms with Crippen molar-refractivity contribution in [3.05, 3.63) is 24.0 Å². The molecule has 5 unspecified atom stereocenters. The van der Waals surface area contributed by atoms with Crippen LogP contribution in [-0.2, 0) is 32.0 Å². The van der Waals surface area contributed by atoms with Gasteiger partial charge in [-0.2, -0.15) is 15.0 Å². The van der Waals surface area contributed by atoms with Crippen molar-refractivity contribution in [3.63, 3.8) is 0 Å². The van der Waals surface area contributed by atoms with Crippen molar-refractivity contribution in [1.29, 1.82) is 0 Å². The number of rotatable bonds is 11. The highest BCUT2D eigenvalue weighted by atomic mass is 16.6. The van der Waals surface area contributed by atoms with Gasteiger partial charge in [0, 0.05) is 18.9 Å². The number of carboxylic acid groups (broad SMARTS) is 1. The van der Waals surface area contributed by atoms with Crippen molar-refractivity contribution in [2.24, 2.45) is 11.3 Å². The Morgan fingerprint density at radius 1 is 1.10 bits per heavy atom. The van der Waals surface area contributed by atoms with E-state index in [0.29, 0.717) is 0 Å². The molecule has 1 saturated heterocycles. The van der Waals surface area contributed by atoms with Crippen LogP contribution in [0.4, 0.5) is 4.79 Å². The Kier molecular flexibility index (Phi) is 9.78. The summed E-state index contributed by atoms with van der Waals surface area (Å²) in [4.78, 5) is 55.8. The van der Waals surface area contributed by atoms with Gasteiger partial charge >= 0.3 is 12.1 Å². The van der Waals surface area contributed by atoms with E-state index in [0.717, 1.165) is 37.1 Å². The summed E-state index contributed by atoms with van der Waals surface area (Å²) in [5.41, 5.74) is -1.14. The summed E-state index contributed by atoms with van der Waals surface area (Å²) in [5, 5.41) is 24.8. The number of amides is 3. The lowest BCUT2D eigenvalue weighted by atomic mass is 9.85. The maximum absolute atomic E-state index is 14.2. The minimum Gasteiger partial charge on any atom is -0.479 e. The van der Waals surface area contributed by atoms with Crippen LogP contribution in [0.3, 0.4) is 0 Å². The molecule has 2 aliphatic rings. The first-order valence-electron chi connectivity index (χ1n) is 14.9. The normalized spacial score (nSPS) is 24.6. The van der Waals surface area contributed by atoms with Crippen molar-refractivity contribution in [1.82, 2.24) is 30.5 Å². The van der Waals surface area contributed by atoms with E-state index in [-0.39, 0.29) is 19.4 Å². The second-order valence-corrected chi connectivity index (χ2v) is 13.6. The van der Waals surface area contributed by atoms with Crippen LogP contribution in [0.2, 0.25) is 0 Å². The molecule has 0 spiro atoms. The monoisotopic (exact) mass is 588 g/mol. The average Bonchev–Trinajstić information content (AvgIpc) is 3.19. The molecule has 1 aromatic heterocycles. The Balaban J connectivity index is 1.97. The number of aliphatic carboxylic acids is 1. The Hall–Kier alpha value is -3.44. The molecule has 5 atom stereocenters. The Morgan fingerprint density at radius 3 is 2.10 bits per heavy atom. The second kappa shape index (κ2) is 12.4. The van der Waals surface area contributed by atoms with Gasteiger partial charge < -0.3 is 25.4 Å². The van der Waals surface area contributed by atoms with Gasteiger partial charge in [-0.3, -0.25) is 9.59 Å². The number of hydrogen-bond donors (Lipinski definition) is 3. The van der Waals surface area contributed by atoms with Gasteiger partial charge in [-0.05, 0) is 45.4 Å². The first kappa shape index (κ1) is 33.1. The van der Waals surface area contributed by atoms with Crippen LogP contribution in [0.5, 0.6) is 0 Å². The zero-order chi connectivity index (χ0) is 31.6. The molecular formula is C30H48N6O6. The first-order chi connectivity index (χ1) is 19.5. The molecule has 42 heavy (non-hydrogen) atoms. The van der Waals surface area contributed by atoms with E-state index in [1.165, 1.54) is 11.0 Å². The number of nitrogens with zero attached hydrogens (tertiary/aromatic N) is 4. The van der Waals surface area contributed by atoms with Gasteiger partial charge in [0.15, 0.2) is 0 Å². The third kappa shape index (κ3) is 7.30. The predicted molar refractivity (Wildman–Crippen MR) is 157 cm³/mol. The number of aromatic nitrogens is 3. The molecule has 3 amide bonds. The van der Waals surface area contributed by atoms with Gasteiger partial charge in [0.05, 0.1) is 17.4 Å².